The van der Waals surface area contributed by atoms with E-state index in [9.17, 15) is 14.4 Å². The average Bonchev–Trinajstić information content (AvgIpc) is 3.09. The molecule has 0 saturated heterocycles. The Morgan fingerprint density at radius 1 is 1.17 bits per heavy atom. The second-order valence-corrected chi connectivity index (χ2v) is 6.99. The van der Waals surface area contributed by atoms with E-state index in [1.807, 2.05) is 0 Å². The lowest BCUT2D eigenvalue weighted by atomic mass is 10.2. The van der Waals surface area contributed by atoms with Gasteiger partial charge in [0.2, 0.25) is 17.5 Å². The third-order valence-electron chi connectivity index (χ3n) is 3.96. The lowest BCUT2D eigenvalue weighted by Crippen LogP contribution is -2.36. The van der Waals surface area contributed by atoms with Crippen LogP contribution in [0.4, 0.5) is 5.69 Å². The third kappa shape index (κ3) is 5.05. The largest absolute Gasteiger partial charge is 0.497 e. The summed E-state index contributed by atoms with van der Waals surface area (Å²) in [6.07, 6.45) is 0.176. The summed E-state index contributed by atoms with van der Waals surface area (Å²) in [7, 11) is 1.57. The molecule has 2 aromatic carbocycles. The van der Waals surface area contributed by atoms with Gasteiger partial charge in [0.25, 0.3) is 0 Å². The van der Waals surface area contributed by atoms with E-state index >= 15 is 0 Å². The van der Waals surface area contributed by atoms with Gasteiger partial charge >= 0.3 is 10.7 Å². The molecule has 10 heteroatoms. The summed E-state index contributed by atoms with van der Waals surface area (Å²) < 4.78 is 11.5. The van der Waals surface area contributed by atoms with Crippen molar-refractivity contribution in [1.82, 2.24) is 5.27 Å². The highest BCUT2D eigenvalue weighted by Gasteiger charge is 2.24. The standard InChI is InChI=1S/C19H18N4O5S/c1-27-15-8-6-14(7-9-15)23-18(19(26)28-22-23)29-11-10-16(24)21-13-4-2-12(3-5-13)17(20)25/h2-9H,10-11H2,1H3,(H3-,20,21,22,24,25,26)/p+1. The number of amides is 2. The first-order chi connectivity index (χ1) is 14.0. The molecule has 150 valence electrons. The van der Waals surface area contributed by atoms with E-state index in [1.165, 1.54) is 28.6 Å². The van der Waals surface area contributed by atoms with Crippen molar-refractivity contribution in [2.45, 2.75) is 11.4 Å². The lowest BCUT2D eigenvalue weighted by molar-refractivity contribution is -0.704. The second kappa shape index (κ2) is 9.11. The van der Waals surface area contributed by atoms with Crippen molar-refractivity contribution in [2.75, 3.05) is 18.2 Å². The molecular weight excluding hydrogens is 396 g/mol. The predicted molar refractivity (Wildman–Crippen MR) is 106 cm³/mol. The Bertz CT molecular complexity index is 1060. The maximum Gasteiger partial charge on any atom is 0.442 e. The van der Waals surface area contributed by atoms with Gasteiger partial charge in [-0.1, -0.05) is 0 Å². The van der Waals surface area contributed by atoms with Crippen molar-refractivity contribution in [3.05, 3.63) is 64.5 Å². The topological polar surface area (TPSA) is 131 Å². The number of anilines is 1. The van der Waals surface area contributed by atoms with Crippen LogP contribution in [-0.2, 0) is 4.79 Å². The van der Waals surface area contributed by atoms with Gasteiger partial charge < -0.3 is 15.8 Å². The molecule has 0 aliphatic heterocycles. The van der Waals surface area contributed by atoms with Gasteiger partial charge in [0.1, 0.15) is 5.75 Å². The van der Waals surface area contributed by atoms with Crippen LogP contribution in [0.3, 0.4) is 0 Å². The van der Waals surface area contributed by atoms with Crippen LogP contribution in [0.1, 0.15) is 16.8 Å². The van der Waals surface area contributed by atoms with E-state index in [0.29, 0.717) is 33.5 Å². The molecule has 1 aromatic heterocycles. The molecule has 2 amide bonds. The van der Waals surface area contributed by atoms with Gasteiger partial charge in [-0.25, -0.2) is 4.79 Å². The van der Waals surface area contributed by atoms with Crippen molar-refractivity contribution in [3.63, 3.8) is 0 Å². The minimum atomic E-state index is -0.533. The zero-order valence-electron chi connectivity index (χ0n) is 15.5. The number of ether oxygens (including phenoxy) is 1. The normalized spacial score (nSPS) is 10.5. The summed E-state index contributed by atoms with van der Waals surface area (Å²) in [4.78, 5) is 35.2. The number of aromatic nitrogens is 2. The molecule has 29 heavy (non-hydrogen) atoms. The highest BCUT2D eigenvalue weighted by molar-refractivity contribution is 7.99. The molecule has 1 heterocycles. The van der Waals surface area contributed by atoms with Crippen LogP contribution in [0.15, 0.2) is 62.9 Å². The van der Waals surface area contributed by atoms with Crippen molar-refractivity contribution in [2.24, 2.45) is 5.73 Å². The molecule has 0 spiro atoms. The van der Waals surface area contributed by atoms with Crippen molar-refractivity contribution in [1.29, 1.82) is 0 Å². The van der Waals surface area contributed by atoms with E-state index in [1.54, 1.807) is 43.5 Å². The van der Waals surface area contributed by atoms with Gasteiger partial charge in [-0.2, -0.15) is 0 Å². The highest BCUT2D eigenvalue weighted by Crippen LogP contribution is 2.16. The van der Waals surface area contributed by atoms with Crippen LogP contribution >= 0.6 is 11.8 Å². The van der Waals surface area contributed by atoms with Gasteiger partial charge in [-0.15, -0.1) is 0 Å². The van der Waals surface area contributed by atoms with Crippen LogP contribution in [0.5, 0.6) is 5.75 Å². The predicted octanol–water partition coefficient (Wildman–Crippen LogP) is 1.47. The first kappa shape index (κ1) is 20.2. The van der Waals surface area contributed by atoms with Gasteiger partial charge in [-0.05, 0) is 58.1 Å². The van der Waals surface area contributed by atoms with Crippen LogP contribution < -0.4 is 26.1 Å². The summed E-state index contributed by atoms with van der Waals surface area (Å²) in [6, 6.07) is 13.4. The number of hydrogen-bond donors (Lipinski definition) is 3. The zero-order chi connectivity index (χ0) is 20.8. The van der Waals surface area contributed by atoms with Gasteiger partial charge in [0.05, 0.1) is 7.11 Å². The summed E-state index contributed by atoms with van der Waals surface area (Å²) in [5.74, 6) is 0.300. The number of H-pyrrole nitrogens is 1. The van der Waals surface area contributed by atoms with Crippen LogP contribution in [0.25, 0.3) is 5.69 Å². The van der Waals surface area contributed by atoms with Crippen LogP contribution in [0.2, 0.25) is 0 Å². The molecule has 0 fully saturated rings. The fourth-order valence-corrected chi connectivity index (χ4v) is 3.38. The van der Waals surface area contributed by atoms with Crippen LogP contribution in [0, 0.1) is 0 Å². The number of carbonyl (C=O) groups is 2. The molecule has 0 unspecified atom stereocenters. The molecule has 0 bridgehead atoms. The van der Waals surface area contributed by atoms with Gasteiger partial charge in [0, 0.05) is 35.6 Å². The Balaban J connectivity index is 1.58. The summed E-state index contributed by atoms with van der Waals surface area (Å²) >= 11 is 1.20. The number of carbonyl (C=O) groups excluding carboxylic acids is 2. The smallest absolute Gasteiger partial charge is 0.442 e. The number of nitrogens with zero attached hydrogens (tertiary/aromatic N) is 1. The number of nitrogens with two attached hydrogens (primary N) is 1. The summed E-state index contributed by atoms with van der Waals surface area (Å²) in [5, 5.41) is 5.60. The number of benzene rings is 2. The van der Waals surface area contributed by atoms with Crippen molar-refractivity contribution >= 4 is 29.3 Å². The molecule has 9 nitrogen and oxygen atoms in total. The Labute approximate surface area is 169 Å². The number of methoxy groups -OCH3 is 1. The molecule has 0 aliphatic carbocycles. The number of aromatic amines is 1. The van der Waals surface area contributed by atoms with Gasteiger partial charge in [-0.3, -0.25) is 14.1 Å². The maximum atomic E-state index is 12.1. The number of rotatable bonds is 8. The molecule has 0 aliphatic rings. The molecule has 0 atom stereocenters. The minimum absolute atomic E-state index is 0.176. The Hall–Kier alpha value is -3.53. The molecule has 4 N–H and O–H groups in total. The fourth-order valence-electron chi connectivity index (χ4n) is 2.47. The molecule has 3 rings (SSSR count). The SMILES string of the molecule is COc1ccc(-[n+]2[nH]oc(=O)c2SCCC(=O)Nc2ccc(C(N)=O)cc2)cc1. The number of nitrogens with one attached hydrogen (secondary N) is 2. The van der Waals surface area contributed by atoms with E-state index < -0.39 is 11.5 Å². The molecule has 0 radical (unpaired) electrons. The second-order valence-electron chi connectivity index (χ2n) is 5.91. The quantitative estimate of drug-likeness (QED) is 0.377. The number of hydrogen-bond acceptors (Lipinski definition) is 6. The van der Waals surface area contributed by atoms with Crippen molar-refractivity contribution in [3.8, 4) is 11.4 Å². The van der Waals surface area contributed by atoms with E-state index in [4.69, 9.17) is 15.0 Å². The Morgan fingerprint density at radius 2 is 1.86 bits per heavy atom. The zero-order valence-corrected chi connectivity index (χ0v) is 16.3. The molecular formula is C19H19N4O5S+. The van der Waals surface area contributed by atoms with Gasteiger partial charge in [0.15, 0.2) is 0 Å². The number of primary amides is 1. The first-order valence-corrected chi connectivity index (χ1v) is 9.57. The van der Waals surface area contributed by atoms with E-state index in [0.717, 1.165) is 0 Å². The first-order valence-electron chi connectivity index (χ1n) is 8.58. The lowest BCUT2D eigenvalue weighted by Gasteiger charge is -2.05. The molecule has 3 aromatic rings. The van der Waals surface area contributed by atoms with Crippen molar-refractivity contribution < 1.29 is 23.5 Å². The summed E-state index contributed by atoms with van der Waals surface area (Å²) in [6.45, 7) is 0. The third-order valence-corrected chi connectivity index (χ3v) is 4.99. The van der Waals surface area contributed by atoms with E-state index in [2.05, 4.69) is 10.6 Å². The fraction of sp³-hybridized carbons (Fsp3) is 0.158. The molecule has 0 saturated carbocycles. The summed E-state index contributed by atoms with van der Waals surface area (Å²) in [5.41, 5.74) is 6.27. The maximum absolute atomic E-state index is 12.1. The Morgan fingerprint density at radius 3 is 2.48 bits per heavy atom. The number of thioether (sulfide) groups is 1. The highest BCUT2D eigenvalue weighted by atomic mass is 32.2. The van der Waals surface area contributed by atoms with Crippen LogP contribution in [-0.4, -0.2) is 29.9 Å². The van der Waals surface area contributed by atoms with E-state index in [-0.39, 0.29) is 12.3 Å². The average molecular weight is 415 g/mol. The monoisotopic (exact) mass is 415 g/mol. The minimum Gasteiger partial charge on any atom is -0.497 e. The Kier molecular flexibility index (Phi) is 6.35.